The molecule has 6 heteroatoms. The number of carbonyl (C=O) groups excluding carboxylic acids is 1. The molecule has 4 rings (SSSR count). The summed E-state index contributed by atoms with van der Waals surface area (Å²) >= 11 is 6.07. The molecule has 1 aromatic heterocycles. The van der Waals surface area contributed by atoms with Crippen molar-refractivity contribution in [3.63, 3.8) is 0 Å². The summed E-state index contributed by atoms with van der Waals surface area (Å²) in [6.07, 6.45) is 1.68. The summed E-state index contributed by atoms with van der Waals surface area (Å²) in [6.45, 7) is 0.156. The molecule has 0 atom stereocenters. The van der Waals surface area contributed by atoms with Crippen LogP contribution in [0.5, 0.6) is 5.75 Å². The number of para-hydroxylation sites is 1. The average molecular weight is 404 g/mol. The van der Waals surface area contributed by atoms with Gasteiger partial charge in [-0.15, -0.1) is 0 Å². The van der Waals surface area contributed by atoms with E-state index in [-0.39, 0.29) is 12.6 Å². The van der Waals surface area contributed by atoms with E-state index in [2.05, 4.69) is 10.4 Å². The zero-order chi connectivity index (χ0) is 20.1. The van der Waals surface area contributed by atoms with Gasteiger partial charge in [-0.05, 0) is 41.5 Å². The monoisotopic (exact) mass is 403 g/mol. The Hall–Kier alpha value is -3.57. The van der Waals surface area contributed by atoms with Crippen molar-refractivity contribution >= 4 is 23.2 Å². The Kier molecular flexibility index (Phi) is 5.59. The third kappa shape index (κ3) is 4.65. The maximum Gasteiger partial charge on any atom is 0.276 e. The van der Waals surface area contributed by atoms with Crippen LogP contribution in [0.1, 0.15) is 10.5 Å². The summed E-state index contributed by atoms with van der Waals surface area (Å²) in [6, 6.07) is 26.6. The predicted molar refractivity (Wildman–Crippen MR) is 114 cm³/mol. The molecular weight excluding hydrogens is 386 g/mol. The Morgan fingerprint density at radius 1 is 0.897 bits per heavy atom. The van der Waals surface area contributed by atoms with Crippen molar-refractivity contribution in [2.75, 3.05) is 5.32 Å². The molecule has 144 valence electrons. The molecule has 0 aliphatic rings. The molecule has 0 fully saturated rings. The number of amides is 1. The van der Waals surface area contributed by atoms with E-state index in [1.54, 1.807) is 24.4 Å². The first kappa shape index (κ1) is 18.8. The molecule has 1 N–H and O–H groups in total. The Bertz CT molecular complexity index is 1110. The van der Waals surface area contributed by atoms with Crippen molar-refractivity contribution < 1.29 is 9.53 Å². The first-order chi connectivity index (χ1) is 14.2. The van der Waals surface area contributed by atoms with E-state index in [4.69, 9.17) is 16.3 Å². The minimum atomic E-state index is -0.283. The van der Waals surface area contributed by atoms with E-state index < -0.39 is 0 Å². The first-order valence-corrected chi connectivity index (χ1v) is 9.44. The van der Waals surface area contributed by atoms with Crippen LogP contribution in [0.2, 0.25) is 5.02 Å². The molecule has 4 aromatic rings. The Morgan fingerprint density at radius 2 is 1.59 bits per heavy atom. The number of benzene rings is 3. The number of ether oxygens (including phenoxy) is 1. The van der Waals surface area contributed by atoms with Crippen LogP contribution in [0.4, 0.5) is 5.69 Å². The zero-order valence-electron chi connectivity index (χ0n) is 15.5. The van der Waals surface area contributed by atoms with Gasteiger partial charge in [0.05, 0.1) is 5.02 Å². The predicted octanol–water partition coefficient (Wildman–Crippen LogP) is 5.49. The summed E-state index contributed by atoms with van der Waals surface area (Å²) in [7, 11) is 0. The van der Waals surface area contributed by atoms with E-state index in [0.717, 1.165) is 11.1 Å². The number of hydrogen-bond donors (Lipinski definition) is 1. The van der Waals surface area contributed by atoms with Gasteiger partial charge < -0.3 is 10.1 Å². The SMILES string of the molecule is O=C(Nc1ccc(-c2ccccc2)cc1)c1ccn(COc2ccccc2Cl)n1. The second-order valence-electron chi connectivity index (χ2n) is 6.34. The van der Waals surface area contributed by atoms with Crippen LogP contribution in [0.3, 0.4) is 0 Å². The van der Waals surface area contributed by atoms with Gasteiger partial charge in [-0.25, -0.2) is 4.68 Å². The second-order valence-corrected chi connectivity index (χ2v) is 6.75. The van der Waals surface area contributed by atoms with E-state index in [0.29, 0.717) is 22.2 Å². The van der Waals surface area contributed by atoms with Gasteiger partial charge in [0.25, 0.3) is 5.91 Å². The summed E-state index contributed by atoms with van der Waals surface area (Å²) in [5, 5.41) is 7.63. The summed E-state index contributed by atoms with van der Waals surface area (Å²) in [5.41, 5.74) is 3.23. The van der Waals surface area contributed by atoms with Gasteiger partial charge in [0.1, 0.15) is 5.75 Å². The minimum absolute atomic E-state index is 0.156. The first-order valence-electron chi connectivity index (χ1n) is 9.07. The van der Waals surface area contributed by atoms with Crippen LogP contribution in [-0.4, -0.2) is 15.7 Å². The van der Waals surface area contributed by atoms with Crippen LogP contribution in [-0.2, 0) is 6.73 Å². The van der Waals surface area contributed by atoms with Gasteiger partial charge in [0.2, 0.25) is 0 Å². The quantitative estimate of drug-likeness (QED) is 0.463. The molecule has 0 bridgehead atoms. The standard InChI is InChI=1S/C23H18ClN3O2/c24-20-8-4-5-9-22(20)29-16-27-15-14-21(26-27)23(28)25-19-12-10-18(11-13-19)17-6-2-1-3-7-17/h1-15H,16H2,(H,25,28). The maximum atomic E-state index is 12.5. The number of halogens is 1. The van der Waals surface area contributed by atoms with Gasteiger partial charge in [-0.1, -0.05) is 66.2 Å². The lowest BCUT2D eigenvalue weighted by atomic mass is 10.1. The normalized spacial score (nSPS) is 10.5. The molecule has 0 unspecified atom stereocenters. The number of anilines is 1. The zero-order valence-corrected chi connectivity index (χ0v) is 16.2. The third-order valence-corrected chi connectivity index (χ3v) is 4.62. The van der Waals surface area contributed by atoms with Crippen LogP contribution < -0.4 is 10.1 Å². The molecule has 29 heavy (non-hydrogen) atoms. The van der Waals surface area contributed by atoms with E-state index >= 15 is 0 Å². The number of rotatable bonds is 6. The molecule has 0 aliphatic heterocycles. The molecule has 0 saturated heterocycles. The highest BCUT2D eigenvalue weighted by molar-refractivity contribution is 6.32. The summed E-state index contributed by atoms with van der Waals surface area (Å²) in [4.78, 5) is 12.5. The lowest BCUT2D eigenvalue weighted by Gasteiger charge is -2.07. The highest BCUT2D eigenvalue weighted by Gasteiger charge is 2.10. The Balaban J connectivity index is 1.37. The third-order valence-electron chi connectivity index (χ3n) is 4.31. The van der Waals surface area contributed by atoms with Crippen LogP contribution in [0.15, 0.2) is 91.1 Å². The second kappa shape index (κ2) is 8.63. The molecule has 5 nitrogen and oxygen atoms in total. The van der Waals surface area contributed by atoms with Crippen molar-refractivity contribution in [1.29, 1.82) is 0 Å². The summed E-state index contributed by atoms with van der Waals surface area (Å²) < 4.78 is 7.16. The number of nitrogens with one attached hydrogen (secondary N) is 1. The van der Waals surface area contributed by atoms with Crippen LogP contribution in [0.25, 0.3) is 11.1 Å². The fraction of sp³-hybridized carbons (Fsp3) is 0.0435. The van der Waals surface area contributed by atoms with Crippen LogP contribution >= 0.6 is 11.6 Å². The minimum Gasteiger partial charge on any atom is -0.470 e. The lowest BCUT2D eigenvalue weighted by molar-refractivity contribution is 0.102. The van der Waals surface area contributed by atoms with Crippen molar-refractivity contribution in [3.8, 4) is 16.9 Å². The number of aromatic nitrogens is 2. The van der Waals surface area contributed by atoms with Gasteiger partial charge in [0, 0.05) is 11.9 Å². The van der Waals surface area contributed by atoms with Crippen molar-refractivity contribution in [3.05, 3.63) is 102 Å². The lowest BCUT2D eigenvalue weighted by Crippen LogP contribution is -2.14. The Labute approximate surface area is 173 Å². The van der Waals surface area contributed by atoms with Gasteiger partial charge >= 0.3 is 0 Å². The topological polar surface area (TPSA) is 56.2 Å². The Morgan fingerprint density at radius 3 is 2.34 bits per heavy atom. The molecule has 3 aromatic carbocycles. The molecule has 0 radical (unpaired) electrons. The number of nitrogens with zero attached hydrogens (tertiary/aromatic N) is 2. The number of hydrogen-bond acceptors (Lipinski definition) is 3. The smallest absolute Gasteiger partial charge is 0.276 e. The summed E-state index contributed by atoms with van der Waals surface area (Å²) in [5.74, 6) is 0.281. The van der Waals surface area contributed by atoms with Crippen LogP contribution in [0, 0.1) is 0 Å². The molecule has 1 heterocycles. The van der Waals surface area contributed by atoms with Crippen molar-refractivity contribution in [2.24, 2.45) is 0 Å². The molecular formula is C23H18ClN3O2. The van der Waals surface area contributed by atoms with Crippen molar-refractivity contribution in [1.82, 2.24) is 9.78 Å². The molecule has 0 spiro atoms. The fourth-order valence-corrected chi connectivity index (χ4v) is 3.01. The fourth-order valence-electron chi connectivity index (χ4n) is 2.82. The largest absolute Gasteiger partial charge is 0.470 e. The highest BCUT2D eigenvalue weighted by Crippen LogP contribution is 2.23. The van der Waals surface area contributed by atoms with Gasteiger partial charge in [-0.3, -0.25) is 4.79 Å². The number of carbonyl (C=O) groups is 1. The molecule has 0 saturated carbocycles. The average Bonchev–Trinajstić information content (AvgIpc) is 3.24. The van der Waals surface area contributed by atoms with E-state index in [9.17, 15) is 4.79 Å². The van der Waals surface area contributed by atoms with Gasteiger partial charge in [-0.2, -0.15) is 5.10 Å². The maximum absolute atomic E-state index is 12.5. The highest BCUT2D eigenvalue weighted by atomic mass is 35.5. The van der Waals surface area contributed by atoms with E-state index in [1.807, 2.05) is 66.7 Å². The van der Waals surface area contributed by atoms with Crippen molar-refractivity contribution in [2.45, 2.75) is 6.73 Å². The molecule has 1 amide bonds. The molecule has 0 aliphatic carbocycles. The van der Waals surface area contributed by atoms with E-state index in [1.165, 1.54) is 4.68 Å². The van der Waals surface area contributed by atoms with Gasteiger partial charge in [0.15, 0.2) is 12.4 Å².